The normalized spacial score (nSPS) is 38.6. The zero-order valence-electron chi connectivity index (χ0n) is 4.72. The summed E-state index contributed by atoms with van der Waals surface area (Å²) in [6, 6.07) is 0. The van der Waals surface area contributed by atoms with Gasteiger partial charge in [-0.15, -0.1) is 0 Å². The summed E-state index contributed by atoms with van der Waals surface area (Å²) in [5.74, 6) is 0.671. The first kappa shape index (κ1) is 5.10. The highest BCUT2D eigenvalue weighted by molar-refractivity contribution is 4.84. The smallest absolute Gasteiger partial charge is 0.0573 e. The number of hydrogen-bond donors (Lipinski definition) is 1. The van der Waals surface area contributed by atoms with E-state index >= 15 is 0 Å². The monoisotopic (exact) mass is 100 g/mol. The summed E-state index contributed by atoms with van der Waals surface area (Å²) >= 11 is 0. The molecule has 0 radical (unpaired) electrons. The van der Waals surface area contributed by atoms with Crippen molar-refractivity contribution in [1.82, 2.24) is 0 Å². The van der Waals surface area contributed by atoms with Crippen molar-refractivity contribution >= 4 is 0 Å². The number of aliphatic hydroxyl groups is 1. The summed E-state index contributed by atoms with van der Waals surface area (Å²) in [5.41, 5.74) is 0. The van der Waals surface area contributed by atoms with E-state index in [1.54, 1.807) is 0 Å². The largest absolute Gasteiger partial charge is 0.393 e. The van der Waals surface area contributed by atoms with Crippen LogP contribution in [0.5, 0.6) is 0 Å². The lowest BCUT2D eigenvalue weighted by atomic mass is 10.2. The molecule has 7 heavy (non-hydrogen) atoms. The van der Waals surface area contributed by atoms with Crippen molar-refractivity contribution in [2.75, 3.05) is 0 Å². The van der Waals surface area contributed by atoms with Crippen LogP contribution in [0.3, 0.4) is 0 Å². The highest BCUT2D eigenvalue weighted by Gasteiger charge is 2.33. The third kappa shape index (κ3) is 1.16. The van der Waals surface area contributed by atoms with Gasteiger partial charge >= 0.3 is 0 Å². The molecule has 1 aliphatic rings. The maximum atomic E-state index is 8.76. The van der Waals surface area contributed by atoms with Crippen molar-refractivity contribution in [3.8, 4) is 0 Å². The van der Waals surface area contributed by atoms with E-state index in [9.17, 15) is 0 Å². The molecule has 1 heteroatoms. The fraction of sp³-hybridized carbons (Fsp3) is 1.00. The van der Waals surface area contributed by atoms with Crippen LogP contribution >= 0.6 is 0 Å². The van der Waals surface area contributed by atoms with Crippen LogP contribution in [0.1, 0.15) is 26.2 Å². The molecule has 0 bridgehead atoms. The van der Waals surface area contributed by atoms with Gasteiger partial charge < -0.3 is 5.11 Å². The van der Waals surface area contributed by atoms with Crippen LogP contribution in [0.2, 0.25) is 0 Å². The van der Waals surface area contributed by atoms with Crippen LogP contribution in [0.4, 0.5) is 0 Å². The second kappa shape index (κ2) is 1.83. The van der Waals surface area contributed by atoms with E-state index in [0.717, 1.165) is 6.42 Å². The number of aliphatic hydroxyl groups excluding tert-OH is 1. The second-order valence-electron chi connectivity index (χ2n) is 2.35. The quantitative estimate of drug-likeness (QED) is 0.552. The minimum atomic E-state index is 0.0694. The second-order valence-corrected chi connectivity index (χ2v) is 2.35. The van der Waals surface area contributed by atoms with Gasteiger partial charge in [-0.1, -0.05) is 13.3 Å². The molecule has 0 unspecified atom stereocenters. The molecular formula is C6H12O. The van der Waals surface area contributed by atoms with E-state index in [4.69, 9.17) is 5.11 Å². The first-order chi connectivity index (χ1) is 3.34. The minimum absolute atomic E-state index is 0.0694. The molecule has 0 aromatic heterocycles. The molecule has 1 nitrogen and oxygen atoms in total. The SMILES string of the molecule is CCC[C@@H]1C[C@H]1O. The van der Waals surface area contributed by atoms with Crippen molar-refractivity contribution in [3.05, 3.63) is 0 Å². The van der Waals surface area contributed by atoms with Gasteiger partial charge in [-0.3, -0.25) is 0 Å². The van der Waals surface area contributed by atoms with E-state index < -0.39 is 0 Å². The van der Waals surface area contributed by atoms with E-state index in [-0.39, 0.29) is 6.10 Å². The Morgan fingerprint density at radius 3 is 2.43 bits per heavy atom. The van der Waals surface area contributed by atoms with Gasteiger partial charge in [0.2, 0.25) is 0 Å². The van der Waals surface area contributed by atoms with Crippen molar-refractivity contribution in [3.63, 3.8) is 0 Å². The Balaban J connectivity index is 1.98. The Morgan fingerprint density at radius 1 is 1.71 bits per heavy atom. The summed E-state index contributed by atoms with van der Waals surface area (Å²) in [4.78, 5) is 0. The topological polar surface area (TPSA) is 20.2 Å². The molecule has 0 spiro atoms. The van der Waals surface area contributed by atoms with E-state index in [1.807, 2.05) is 0 Å². The van der Waals surface area contributed by atoms with Gasteiger partial charge in [-0.05, 0) is 18.8 Å². The van der Waals surface area contributed by atoms with E-state index in [2.05, 4.69) is 6.92 Å². The molecule has 1 fully saturated rings. The molecule has 0 saturated heterocycles. The molecule has 1 aliphatic carbocycles. The molecule has 1 rings (SSSR count). The van der Waals surface area contributed by atoms with Gasteiger partial charge in [0, 0.05) is 0 Å². The van der Waals surface area contributed by atoms with Crippen LogP contribution < -0.4 is 0 Å². The van der Waals surface area contributed by atoms with Gasteiger partial charge in [0.05, 0.1) is 6.10 Å². The van der Waals surface area contributed by atoms with Crippen LogP contribution in [-0.2, 0) is 0 Å². The fourth-order valence-electron chi connectivity index (χ4n) is 0.913. The summed E-state index contributed by atoms with van der Waals surface area (Å²) < 4.78 is 0. The van der Waals surface area contributed by atoms with Crippen LogP contribution in [0.25, 0.3) is 0 Å². The minimum Gasteiger partial charge on any atom is -0.393 e. The molecule has 2 atom stereocenters. The van der Waals surface area contributed by atoms with Crippen molar-refractivity contribution in [2.45, 2.75) is 32.3 Å². The zero-order chi connectivity index (χ0) is 5.28. The van der Waals surface area contributed by atoms with Crippen molar-refractivity contribution in [1.29, 1.82) is 0 Å². The zero-order valence-corrected chi connectivity index (χ0v) is 4.72. The van der Waals surface area contributed by atoms with Gasteiger partial charge in [-0.2, -0.15) is 0 Å². The molecule has 0 heterocycles. The average Bonchev–Trinajstić information content (AvgIpc) is 2.22. The van der Waals surface area contributed by atoms with Crippen LogP contribution in [0.15, 0.2) is 0 Å². The molecule has 0 aromatic rings. The Kier molecular flexibility index (Phi) is 1.33. The van der Waals surface area contributed by atoms with Gasteiger partial charge in [0.25, 0.3) is 0 Å². The van der Waals surface area contributed by atoms with Crippen LogP contribution in [0, 0.1) is 5.92 Å². The average molecular weight is 100 g/mol. The van der Waals surface area contributed by atoms with Crippen LogP contribution in [-0.4, -0.2) is 11.2 Å². The summed E-state index contributed by atoms with van der Waals surface area (Å²) in [5, 5.41) is 8.76. The molecule has 0 aliphatic heterocycles. The summed E-state index contributed by atoms with van der Waals surface area (Å²) in [6.45, 7) is 2.16. The Hall–Kier alpha value is -0.0400. The molecule has 0 amide bonds. The Bertz CT molecular complexity index is 61.2. The molecular weight excluding hydrogens is 88.1 g/mol. The lowest BCUT2D eigenvalue weighted by molar-refractivity contribution is 0.256. The first-order valence-corrected chi connectivity index (χ1v) is 3.02. The summed E-state index contributed by atoms with van der Waals surface area (Å²) in [6.07, 6.45) is 3.58. The van der Waals surface area contributed by atoms with Crippen molar-refractivity contribution in [2.24, 2.45) is 5.92 Å². The van der Waals surface area contributed by atoms with E-state index in [1.165, 1.54) is 12.8 Å². The highest BCUT2D eigenvalue weighted by atomic mass is 16.3. The highest BCUT2D eigenvalue weighted by Crippen LogP contribution is 2.33. The number of hydrogen-bond acceptors (Lipinski definition) is 1. The Morgan fingerprint density at radius 2 is 2.29 bits per heavy atom. The maximum Gasteiger partial charge on any atom is 0.0573 e. The predicted molar refractivity (Wildman–Crippen MR) is 29.0 cm³/mol. The van der Waals surface area contributed by atoms with Gasteiger partial charge in [-0.25, -0.2) is 0 Å². The number of rotatable bonds is 2. The first-order valence-electron chi connectivity index (χ1n) is 3.02. The fourth-order valence-corrected chi connectivity index (χ4v) is 0.913. The molecule has 1 N–H and O–H groups in total. The maximum absolute atomic E-state index is 8.76. The molecule has 0 aromatic carbocycles. The predicted octanol–water partition coefficient (Wildman–Crippen LogP) is 1.17. The van der Waals surface area contributed by atoms with Crippen molar-refractivity contribution < 1.29 is 5.11 Å². The third-order valence-electron chi connectivity index (χ3n) is 1.54. The Labute approximate surface area is 44.4 Å². The van der Waals surface area contributed by atoms with Gasteiger partial charge in [0.15, 0.2) is 0 Å². The lowest BCUT2D eigenvalue weighted by Gasteiger charge is -1.86. The molecule has 1 saturated carbocycles. The molecule has 42 valence electrons. The lowest BCUT2D eigenvalue weighted by Crippen LogP contribution is -1.82. The summed E-state index contributed by atoms with van der Waals surface area (Å²) in [7, 11) is 0. The van der Waals surface area contributed by atoms with E-state index in [0.29, 0.717) is 5.92 Å². The standard InChI is InChI=1S/C6H12O/c1-2-3-5-4-6(5)7/h5-7H,2-4H2,1H3/t5-,6-/m1/s1. The third-order valence-corrected chi connectivity index (χ3v) is 1.54. The van der Waals surface area contributed by atoms with Gasteiger partial charge in [0.1, 0.15) is 0 Å².